The lowest BCUT2D eigenvalue weighted by molar-refractivity contribution is 0.0410. The van der Waals surface area contributed by atoms with Crippen molar-refractivity contribution in [2.75, 3.05) is 38.6 Å². The van der Waals surface area contributed by atoms with Crippen molar-refractivity contribution in [3.05, 3.63) is 30.1 Å². The molecule has 0 spiro atoms. The third-order valence-electron chi connectivity index (χ3n) is 2.63. The molecule has 2 rings (SSSR count). The standard InChI is InChI=1S/C12H18N2OS/c1-2-4-13-12(3-1)11-16-10-7-14-5-8-15-9-6-14/h1-4H,5-11H2. The Morgan fingerprint density at radius 2 is 2.19 bits per heavy atom. The minimum absolute atomic E-state index is 0.894. The Labute approximate surface area is 101 Å². The van der Waals surface area contributed by atoms with Gasteiger partial charge in [-0.25, -0.2) is 0 Å². The van der Waals surface area contributed by atoms with Gasteiger partial charge in [-0.3, -0.25) is 9.88 Å². The Morgan fingerprint density at radius 1 is 1.31 bits per heavy atom. The van der Waals surface area contributed by atoms with Gasteiger partial charge in [0.1, 0.15) is 0 Å². The molecule has 0 N–H and O–H groups in total. The minimum atomic E-state index is 0.894. The maximum atomic E-state index is 5.32. The maximum Gasteiger partial charge on any atom is 0.0594 e. The number of morpholine rings is 1. The summed E-state index contributed by atoms with van der Waals surface area (Å²) in [6, 6.07) is 6.09. The molecule has 1 aromatic rings. The molecule has 3 nitrogen and oxygen atoms in total. The van der Waals surface area contributed by atoms with Crippen molar-refractivity contribution in [2.24, 2.45) is 0 Å². The van der Waals surface area contributed by atoms with Crippen molar-refractivity contribution < 1.29 is 4.74 Å². The highest BCUT2D eigenvalue weighted by atomic mass is 32.2. The van der Waals surface area contributed by atoms with Crippen molar-refractivity contribution in [3.8, 4) is 0 Å². The van der Waals surface area contributed by atoms with E-state index in [4.69, 9.17) is 4.74 Å². The monoisotopic (exact) mass is 238 g/mol. The third kappa shape index (κ3) is 4.12. The Kier molecular flexibility index (Phi) is 5.12. The molecule has 1 aliphatic rings. The molecule has 0 saturated carbocycles. The van der Waals surface area contributed by atoms with Gasteiger partial charge in [0, 0.05) is 37.3 Å². The fourth-order valence-electron chi connectivity index (χ4n) is 1.68. The SMILES string of the molecule is c1ccc(CSCCN2CCOCC2)nc1. The van der Waals surface area contributed by atoms with E-state index in [0.29, 0.717) is 0 Å². The van der Waals surface area contributed by atoms with Gasteiger partial charge >= 0.3 is 0 Å². The van der Waals surface area contributed by atoms with E-state index in [1.54, 1.807) is 0 Å². The lowest BCUT2D eigenvalue weighted by Gasteiger charge is -2.26. The zero-order chi connectivity index (χ0) is 11.1. The molecular formula is C12H18N2OS. The molecule has 1 aromatic heterocycles. The Bertz CT molecular complexity index is 288. The summed E-state index contributed by atoms with van der Waals surface area (Å²) in [4.78, 5) is 6.78. The second-order valence-corrected chi connectivity index (χ2v) is 4.93. The Hall–Kier alpha value is -0.580. The van der Waals surface area contributed by atoms with Crippen LogP contribution in [0.1, 0.15) is 5.69 Å². The number of hydrogen-bond donors (Lipinski definition) is 0. The Morgan fingerprint density at radius 3 is 2.94 bits per heavy atom. The lowest BCUT2D eigenvalue weighted by Crippen LogP contribution is -2.37. The first-order chi connectivity index (χ1) is 7.95. The van der Waals surface area contributed by atoms with Crippen LogP contribution in [0.25, 0.3) is 0 Å². The third-order valence-corrected chi connectivity index (χ3v) is 3.60. The van der Waals surface area contributed by atoms with E-state index in [2.05, 4.69) is 16.0 Å². The molecule has 0 unspecified atom stereocenters. The first-order valence-electron chi connectivity index (χ1n) is 5.73. The molecule has 1 saturated heterocycles. The van der Waals surface area contributed by atoms with Gasteiger partial charge in [0.15, 0.2) is 0 Å². The molecule has 2 heterocycles. The zero-order valence-electron chi connectivity index (χ0n) is 9.47. The van der Waals surface area contributed by atoms with Crippen LogP contribution in [-0.4, -0.2) is 48.5 Å². The predicted molar refractivity (Wildman–Crippen MR) is 67.7 cm³/mol. The molecule has 0 aliphatic carbocycles. The van der Waals surface area contributed by atoms with Gasteiger partial charge in [0.25, 0.3) is 0 Å². The molecule has 16 heavy (non-hydrogen) atoms. The van der Waals surface area contributed by atoms with E-state index in [1.807, 2.05) is 30.1 Å². The van der Waals surface area contributed by atoms with Crippen LogP contribution in [0.2, 0.25) is 0 Å². The summed E-state index contributed by atoms with van der Waals surface area (Å²) in [6.07, 6.45) is 1.86. The quantitative estimate of drug-likeness (QED) is 0.728. The average Bonchev–Trinajstić information content (AvgIpc) is 2.37. The fraction of sp³-hybridized carbons (Fsp3) is 0.583. The van der Waals surface area contributed by atoms with E-state index < -0.39 is 0 Å². The molecule has 0 amide bonds. The van der Waals surface area contributed by atoms with Gasteiger partial charge in [0.05, 0.1) is 18.9 Å². The molecule has 88 valence electrons. The van der Waals surface area contributed by atoms with Crippen molar-refractivity contribution in [1.82, 2.24) is 9.88 Å². The largest absolute Gasteiger partial charge is 0.379 e. The summed E-state index contributed by atoms with van der Waals surface area (Å²) in [5.41, 5.74) is 1.18. The maximum absolute atomic E-state index is 5.32. The van der Waals surface area contributed by atoms with Crippen LogP contribution in [0.3, 0.4) is 0 Å². The summed E-state index contributed by atoms with van der Waals surface area (Å²) >= 11 is 1.96. The van der Waals surface area contributed by atoms with Crippen LogP contribution in [0.5, 0.6) is 0 Å². The highest BCUT2D eigenvalue weighted by molar-refractivity contribution is 7.98. The van der Waals surface area contributed by atoms with Crippen LogP contribution in [0, 0.1) is 0 Å². The van der Waals surface area contributed by atoms with E-state index in [1.165, 1.54) is 18.0 Å². The minimum Gasteiger partial charge on any atom is -0.379 e. The van der Waals surface area contributed by atoms with Gasteiger partial charge in [-0.2, -0.15) is 11.8 Å². The summed E-state index contributed by atoms with van der Waals surface area (Å²) in [6.45, 7) is 5.13. The molecule has 0 aromatic carbocycles. The molecule has 0 atom stereocenters. The molecule has 0 radical (unpaired) electrons. The Balaban J connectivity index is 1.58. The number of rotatable bonds is 5. The van der Waals surface area contributed by atoms with Crippen LogP contribution in [0.15, 0.2) is 24.4 Å². The first kappa shape index (κ1) is 11.9. The van der Waals surface area contributed by atoms with Gasteiger partial charge in [0.2, 0.25) is 0 Å². The number of hydrogen-bond acceptors (Lipinski definition) is 4. The van der Waals surface area contributed by atoms with Gasteiger partial charge in [-0.05, 0) is 12.1 Å². The lowest BCUT2D eigenvalue weighted by atomic mass is 10.4. The van der Waals surface area contributed by atoms with Gasteiger partial charge < -0.3 is 4.74 Å². The summed E-state index contributed by atoms with van der Waals surface area (Å²) < 4.78 is 5.32. The predicted octanol–water partition coefficient (Wildman–Crippen LogP) is 1.65. The summed E-state index contributed by atoms with van der Waals surface area (Å²) in [7, 11) is 0. The van der Waals surface area contributed by atoms with Crippen molar-refractivity contribution >= 4 is 11.8 Å². The summed E-state index contributed by atoms with van der Waals surface area (Å²) in [5, 5.41) is 0. The van der Waals surface area contributed by atoms with E-state index in [0.717, 1.165) is 32.1 Å². The second-order valence-electron chi connectivity index (χ2n) is 3.83. The smallest absolute Gasteiger partial charge is 0.0594 e. The number of ether oxygens (including phenoxy) is 1. The topological polar surface area (TPSA) is 25.4 Å². The average molecular weight is 238 g/mol. The molecule has 1 aliphatic heterocycles. The van der Waals surface area contributed by atoms with E-state index in [-0.39, 0.29) is 0 Å². The van der Waals surface area contributed by atoms with Crippen molar-refractivity contribution in [3.63, 3.8) is 0 Å². The van der Waals surface area contributed by atoms with Crippen LogP contribution in [-0.2, 0) is 10.5 Å². The first-order valence-corrected chi connectivity index (χ1v) is 6.88. The molecular weight excluding hydrogens is 220 g/mol. The van der Waals surface area contributed by atoms with Gasteiger partial charge in [-0.15, -0.1) is 0 Å². The van der Waals surface area contributed by atoms with Crippen molar-refractivity contribution in [2.45, 2.75) is 5.75 Å². The molecule has 4 heteroatoms. The zero-order valence-corrected chi connectivity index (χ0v) is 10.3. The number of aromatic nitrogens is 1. The molecule has 0 bridgehead atoms. The molecule has 1 fully saturated rings. The number of nitrogens with zero attached hydrogens (tertiary/aromatic N) is 2. The second kappa shape index (κ2) is 6.89. The highest BCUT2D eigenvalue weighted by Crippen LogP contribution is 2.10. The van der Waals surface area contributed by atoms with Crippen LogP contribution in [0.4, 0.5) is 0 Å². The van der Waals surface area contributed by atoms with Crippen LogP contribution < -0.4 is 0 Å². The van der Waals surface area contributed by atoms with Gasteiger partial charge in [-0.1, -0.05) is 6.07 Å². The van der Waals surface area contributed by atoms with E-state index >= 15 is 0 Å². The normalized spacial score (nSPS) is 17.5. The summed E-state index contributed by atoms with van der Waals surface area (Å²) in [5.74, 6) is 2.20. The number of pyridine rings is 1. The fourth-order valence-corrected chi connectivity index (χ4v) is 2.59. The van der Waals surface area contributed by atoms with Crippen LogP contribution >= 0.6 is 11.8 Å². The van der Waals surface area contributed by atoms with Crippen molar-refractivity contribution in [1.29, 1.82) is 0 Å². The number of thioether (sulfide) groups is 1. The highest BCUT2D eigenvalue weighted by Gasteiger charge is 2.09. The van der Waals surface area contributed by atoms with E-state index in [9.17, 15) is 0 Å².